The van der Waals surface area contributed by atoms with E-state index < -0.39 is 24.4 Å². The Hall–Kier alpha value is -3.48. The van der Waals surface area contributed by atoms with Crippen molar-refractivity contribution in [3.8, 4) is 17.5 Å². The maximum absolute atomic E-state index is 13.3. The highest BCUT2D eigenvalue weighted by Crippen LogP contribution is 2.36. The number of halogens is 4. The summed E-state index contributed by atoms with van der Waals surface area (Å²) in [5.41, 5.74) is 0.794. The van der Waals surface area contributed by atoms with Crippen LogP contribution >= 0.6 is 11.6 Å². The van der Waals surface area contributed by atoms with Crippen LogP contribution in [0.2, 0.25) is 5.02 Å². The lowest BCUT2D eigenvalue weighted by atomic mass is 10.2. The molecule has 35 heavy (non-hydrogen) atoms. The van der Waals surface area contributed by atoms with Gasteiger partial charge in [0.2, 0.25) is 6.35 Å². The molecule has 4 rings (SSSR count). The molecule has 0 spiro atoms. The van der Waals surface area contributed by atoms with Crippen molar-refractivity contribution in [2.24, 2.45) is 0 Å². The molecule has 0 aliphatic carbocycles. The van der Waals surface area contributed by atoms with Crippen LogP contribution in [0.5, 0.6) is 17.5 Å². The van der Waals surface area contributed by atoms with E-state index in [1.807, 2.05) is 0 Å². The van der Waals surface area contributed by atoms with Crippen LogP contribution in [0, 0.1) is 0 Å². The van der Waals surface area contributed by atoms with E-state index in [9.17, 15) is 28.2 Å². The first-order chi connectivity index (χ1) is 16.6. The van der Waals surface area contributed by atoms with Gasteiger partial charge in [-0.2, -0.15) is 4.98 Å². The Bertz CT molecular complexity index is 1220. The minimum atomic E-state index is -4.88. The molecule has 1 unspecified atom stereocenters. The van der Waals surface area contributed by atoms with E-state index in [1.165, 1.54) is 28.6 Å². The fourth-order valence-corrected chi connectivity index (χ4v) is 3.72. The zero-order valence-corrected chi connectivity index (χ0v) is 19.0. The highest BCUT2D eigenvalue weighted by Gasteiger charge is 2.40. The monoisotopic (exact) mass is 512 g/mol. The third-order valence-electron chi connectivity index (χ3n) is 5.18. The lowest BCUT2D eigenvalue weighted by Crippen LogP contribution is -2.55. The quantitative estimate of drug-likeness (QED) is 0.500. The van der Waals surface area contributed by atoms with E-state index >= 15 is 0 Å². The van der Waals surface area contributed by atoms with Crippen molar-refractivity contribution < 1.29 is 37.7 Å². The minimum Gasteiger partial charge on any atom is -0.425 e. The van der Waals surface area contributed by atoms with Crippen molar-refractivity contribution in [1.29, 1.82) is 0 Å². The summed E-state index contributed by atoms with van der Waals surface area (Å²) in [5, 5.41) is 20.4. The van der Waals surface area contributed by atoms with Gasteiger partial charge in [0, 0.05) is 24.7 Å². The number of nitrogens with zero attached hydrogens (tertiary/aromatic N) is 4. The second-order valence-corrected chi connectivity index (χ2v) is 8.02. The number of amides is 1. The molecule has 0 fully saturated rings. The summed E-state index contributed by atoms with van der Waals surface area (Å²) in [4.78, 5) is 20.0. The molecular formula is C22H20ClF3N4O5. The maximum Gasteiger partial charge on any atom is 0.573 e. The lowest BCUT2D eigenvalue weighted by Gasteiger charge is -2.38. The number of aliphatic hydroxyl groups excluding tert-OH is 2. The standard InChI is InChI=1S/C22H20ClF3N4O5/c1-28-18-17(19(32)29(9-10-31)21(28)33)30(12-13-5-7-14(23)8-6-13)20(27-18)34-15-3-2-4-16(11-15)35-22(24,25)26/h2-8,11,21,31,33H,9-10,12H2,1H3. The van der Waals surface area contributed by atoms with Crippen molar-refractivity contribution in [1.82, 2.24) is 14.5 Å². The molecule has 1 aliphatic rings. The van der Waals surface area contributed by atoms with Crippen LogP contribution in [0.3, 0.4) is 0 Å². The smallest absolute Gasteiger partial charge is 0.425 e. The lowest BCUT2D eigenvalue weighted by molar-refractivity contribution is -0.274. The summed E-state index contributed by atoms with van der Waals surface area (Å²) in [6, 6.07) is 11.5. The molecule has 9 nitrogen and oxygen atoms in total. The number of aliphatic hydroxyl groups is 2. The Balaban J connectivity index is 1.77. The van der Waals surface area contributed by atoms with Crippen LogP contribution in [-0.4, -0.2) is 63.5 Å². The molecule has 1 amide bonds. The van der Waals surface area contributed by atoms with Crippen molar-refractivity contribution in [3.63, 3.8) is 0 Å². The first-order valence-corrected chi connectivity index (χ1v) is 10.7. The number of aromatic nitrogens is 2. The predicted octanol–water partition coefficient (Wildman–Crippen LogP) is 3.44. The number of carbonyl (C=O) groups is 1. The van der Waals surface area contributed by atoms with Gasteiger partial charge in [0.1, 0.15) is 11.5 Å². The number of ether oxygens (including phenoxy) is 2. The van der Waals surface area contributed by atoms with Gasteiger partial charge in [-0.15, -0.1) is 13.2 Å². The van der Waals surface area contributed by atoms with Gasteiger partial charge >= 0.3 is 12.4 Å². The first kappa shape index (κ1) is 24.6. The Morgan fingerprint density at radius 1 is 1.14 bits per heavy atom. The number of anilines is 1. The molecule has 1 atom stereocenters. The van der Waals surface area contributed by atoms with Gasteiger partial charge in [0.25, 0.3) is 5.91 Å². The predicted molar refractivity (Wildman–Crippen MR) is 119 cm³/mol. The second kappa shape index (κ2) is 9.64. The summed E-state index contributed by atoms with van der Waals surface area (Å²) in [5.74, 6) is -1.02. The number of rotatable bonds is 7. The number of hydrogen-bond donors (Lipinski definition) is 2. The number of imidazole rings is 1. The molecule has 0 radical (unpaired) electrons. The third-order valence-corrected chi connectivity index (χ3v) is 5.43. The third kappa shape index (κ3) is 5.29. The minimum absolute atomic E-state index is 0.0192. The van der Waals surface area contributed by atoms with Crippen LogP contribution in [0.15, 0.2) is 48.5 Å². The van der Waals surface area contributed by atoms with Crippen LogP contribution in [0.25, 0.3) is 0 Å². The van der Waals surface area contributed by atoms with Gasteiger partial charge in [-0.3, -0.25) is 14.3 Å². The Morgan fingerprint density at radius 2 is 1.83 bits per heavy atom. The van der Waals surface area contributed by atoms with E-state index in [-0.39, 0.29) is 43.0 Å². The average Bonchev–Trinajstić information content (AvgIpc) is 3.14. The van der Waals surface area contributed by atoms with Crippen molar-refractivity contribution in [2.75, 3.05) is 25.1 Å². The Kier molecular flexibility index (Phi) is 6.79. The number of carbonyl (C=O) groups excluding carboxylic acids is 1. The molecule has 0 saturated carbocycles. The van der Waals surface area contributed by atoms with E-state index in [0.29, 0.717) is 5.02 Å². The normalized spacial score (nSPS) is 15.9. The van der Waals surface area contributed by atoms with Crippen molar-refractivity contribution in [3.05, 3.63) is 64.8 Å². The summed E-state index contributed by atoms with van der Waals surface area (Å²) in [7, 11) is 1.50. The van der Waals surface area contributed by atoms with Gasteiger partial charge in [0.15, 0.2) is 11.5 Å². The molecule has 1 aliphatic heterocycles. The first-order valence-electron chi connectivity index (χ1n) is 10.3. The number of hydrogen-bond acceptors (Lipinski definition) is 7. The molecule has 0 bridgehead atoms. The summed E-state index contributed by atoms with van der Waals surface area (Å²) < 4.78 is 49.1. The van der Waals surface area contributed by atoms with E-state index in [0.717, 1.165) is 22.6 Å². The molecule has 13 heteroatoms. The summed E-state index contributed by atoms with van der Waals surface area (Å²) in [6.45, 7) is -0.425. The number of alkyl halides is 3. The van der Waals surface area contributed by atoms with E-state index in [4.69, 9.17) is 16.3 Å². The maximum atomic E-state index is 13.3. The number of benzene rings is 2. The molecule has 186 valence electrons. The fraction of sp³-hybridized carbons (Fsp3) is 0.273. The highest BCUT2D eigenvalue weighted by atomic mass is 35.5. The average molecular weight is 513 g/mol. The molecule has 2 N–H and O–H groups in total. The second-order valence-electron chi connectivity index (χ2n) is 7.58. The zero-order chi connectivity index (χ0) is 25.3. The largest absolute Gasteiger partial charge is 0.573 e. The Morgan fingerprint density at radius 3 is 2.49 bits per heavy atom. The zero-order valence-electron chi connectivity index (χ0n) is 18.2. The highest BCUT2D eigenvalue weighted by molar-refractivity contribution is 6.30. The molecule has 0 saturated heterocycles. The number of β-amino-alcohol motifs (C(OH)–C–C–N with tert-alkyl or cyclic N) is 1. The fourth-order valence-electron chi connectivity index (χ4n) is 3.60. The van der Waals surface area contributed by atoms with E-state index in [1.54, 1.807) is 24.3 Å². The molecule has 1 aromatic heterocycles. The van der Waals surface area contributed by atoms with Gasteiger partial charge in [-0.1, -0.05) is 29.8 Å². The van der Waals surface area contributed by atoms with Crippen LogP contribution in [-0.2, 0) is 6.54 Å². The van der Waals surface area contributed by atoms with Crippen LogP contribution in [0.4, 0.5) is 19.0 Å². The topological polar surface area (TPSA) is 100 Å². The van der Waals surface area contributed by atoms with Gasteiger partial charge < -0.3 is 24.6 Å². The van der Waals surface area contributed by atoms with Crippen molar-refractivity contribution >= 4 is 23.3 Å². The number of fused-ring (bicyclic) bond motifs is 1. The van der Waals surface area contributed by atoms with Gasteiger partial charge in [-0.05, 0) is 29.8 Å². The van der Waals surface area contributed by atoms with Gasteiger partial charge in [-0.25, -0.2) is 0 Å². The van der Waals surface area contributed by atoms with Gasteiger partial charge in [0.05, 0.1) is 13.2 Å². The van der Waals surface area contributed by atoms with Crippen LogP contribution < -0.4 is 14.4 Å². The van der Waals surface area contributed by atoms with E-state index in [2.05, 4.69) is 9.72 Å². The Labute approximate surface area is 202 Å². The summed E-state index contributed by atoms with van der Waals surface area (Å²) in [6.07, 6.45) is -6.27. The summed E-state index contributed by atoms with van der Waals surface area (Å²) >= 11 is 5.97. The SMILES string of the molecule is CN1c2nc(Oc3cccc(OC(F)(F)F)c3)n(Cc3ccc(Cl)cc3)c2C(=O)N(CCO)C1O. The molecule has 2 heterocycles. The molecular weight excluding hydrogens is 493 g/mol. The molecule has 3 aromatic rings. The molecule has 2 aromatic carbocycles. The van der Waals surface area contributed by atoms with Crippen LogP contribution in [0.1, 0.15) is 16.1 Å². The van der Waals surface area contributed by atoms with Crippen molar-refractivity contribution in [2.45, 2.75) is 19.3 Å².